The highest BCUT2D eigenvalue weighted by Gasteiger charge is 2.32. The molecule has 1 aliphatic rings. The first kappa shape index (κ1) is 13.1. The van der Waals surface area contributed by atoms with Crippen LogP contribution < -0.4 is 4.90 Å². The van der Waals surface area contributed by atoms with E-state index in [2.05, 4.69) is 4.98 Å². The Morgan fingerprint density at radius 1 is 1.61 bits per heavy atom. The van der Waals surface area contributed by atoms with Crippen LogP contribution in [-0.2, 0) is 24.4 Å². The van der Waals surface area contributed by atoms with Crippen molar-refractivity contribution in [2.75, 3.05) is 11.4 Å². The van der Waals surface area contributed by atoms with E-state index in [1.54, 1.807) is 15.5 Å². The Labute approximate surface area is 111 Å². The van der Waals surface area contributed by atoms with Gasteiger partial charge in [0.05, 0.1) is 24.5 Å². The predicted octanol–water partition coefficient (Wildman–Crippen LogP) is 1.43. The van der Waals surface area contributed by atoms with Gasteiger partial charge in [0.1, 0.15) is 6.54 Å². The van der Waals surface area contributed by atoms with E-state index in [1.165, 1.54) is 0 Å². The van der Waals surface area contributed by atoms with Crippen molar-refractivity contribution in [1.29, 1.82) is 0 Å². The summed E-state index contributed by atoms with van der Waals surface area (Å²) in [5.41, 5.74) is 1.56. The van der Waals surface area contributed by atoms with Crippen LogP contribution in [0.3, 0.4) is 0 Å². The zero-order valence-electron chi connectivity index (χ0n) is 10.5. The number of nitrogens with zero attached hydrogens (tertiary/aromatic N) is 3. The van der Waals surface area contributed by atoms with Gasteiger partial charge in [-0.2, -0.15) is 0 Å². The molecule has 1 aliphatic heterocycles. The number of hydrogen-bond acceptors (Lipinski definition) is 3. The molecule has 5 nitrogen and oxygen atoms in total. The number of imidazole rings is 1. The van der Waals surface area contributed by atoms with E-state index in [0.29, 0.717) is 17.5 Å². The van der Waals surface area contributed by atoms with Gasteiger partial charge in [-0.3, -0.25) is 9.69 Å². The van der Waals surface area contributed by atoms with Crippen LogP contribution in [-0.4, -0.2) is 27.1 Å². The van der Waals surface area contributed by atoms with Gasteiger partial charge in [-0.05, 0) is 13.3 Å². The lowest BCUT2D eigenvalue weighted by atomic mass is 10.2. The van der Waals surface area contributed by atoms with Crippen LogP contribution in [0.15, 0.2) is 11.1 Å². The molecule has 0 aliphatic carbocycles. The van der Waals surface area contributed by atoms with Crippen molar-refractivity contribution in [2.45, 2.75) is 33.4 Å². The van der Waals surface area contributed by atoms with Gasteiger partial charge >= 0.3 is 0 Å². The minimum Gasteiger partial charge on any atom is -0.390 e. The number of aromatic nitrogens is 2. The molecule has 0 radical (unpaired) electrons. The first-order valence-corrected chi connectivity index (χ1v) is 6.30. The number of amides is 1. The summed E-state index contributed by atoms with van der Waals surface area (Å²) in [4.78, 5) is 17.9. The van der Waals surface area contributed by atoms with Crippen LogP contribution in [0.2, 0.25) is 0 Å². The van der Waals surface area contributed by atoms with Crippen molar-refractivity contribution in [3.05, 3.63) is 22.5 Å². The number of rotatable bonds is 4. The molecule has 0 saturated carbocycles. The topological polar surface area (TPSA) is 58.4 Å². The fraction of sp³-hybridized carbons (Fsp3) is 0.500. The number of aryl methyl sites for hydroxylation is 1. The van der Waals surface area contributed by atoms with E-state index in [1.807, 2.05) is 13.8 Å². The molecule has 18 heavy (non-hydrogen) atoms. The number of anilines is 1. The van der Waals surface area contributed by atoms with Gasteiger partial charge in [0.2, 0.25) is 11.9 Å². The minimum absolute atomic E-state index is 0.0464. The summed E-state index contributed by atoms with van der Waals surface area (Å²) in [5.74, 6) is 0.538. The molecular formula is C12H16ClN3O2. The molecule has 0 spiro atoms. The molecule has 0 unspecified atom stereocenters. The van der Waals surface area contributed by atoms with Crippen molar-refractivity contribution >= 4 is 23.5 Å². The van der Waals surface area contributed by atoms with E-state index < -0.39 is 0 Å². The first-order valence-electron chi connectivity index (χ1n) is 5.92. The van der Waals surface area contributed by atoms with E-state index in [9.17, 15) is 9.90 Å². The number of hydrogen-bond donors (Lipinski definition) is 1. The molecular weight excluding hydrogens is 254 g/mol. The Hall–Kier alpha value is -1.33. The summed E-state index contributed by atoms with van der Waals surface area (Å²) in [6.45, 7) is 4.26. The summed E-state index contributed by atoms with van der Waals surface area (Å²) in [5, 5.41) is 9.98. The van der Waals surface area contributed by atoms with Crippen LogP contribution in [0.1, 0.15) is 25.2 Å². The van der Waals surface area contributed by atoms with Gasteiger partial charge in [-0.15, -0.1) is 0 Å². The maximum atomic E-state index is 11.9. The number of fused-ring (bicyclic) bond motifs is 1. The number of halogens is 1. The van der Waals surface area contributed by atoms with Gasteiger partial charge in [0.25, 0.3) is 0 Å². The standard InChI is InChI=1S/C12H16ClN3O2/c1-3-8(13)5-16-11(18)6-15-10(7-17)9(4-2)14-12(15)16/h3,17H,4-7H2,1-2H3/b8-3+. The number of carbonyl (C=O) groups is 1. The smallest absolute Gasteiger partial charge is 0.249 e. The van der Waals surface area contributed by atoms with Crippen molar-refractivity contribution < 1.29 is 9.90 Å². The molecule has 0 saturated heterocycles. The van der Waals surface area contributed by atoms with Crippen molar-refractivity contribution in [3.8, 4) is 0 Å². The number of aliphatic hydroxyl groups is 1. The third-order valence-electron chi connectivity index (χ3n) is 3.08. The maximum Gasteiger partial charge on any atom is 0.249 e. The molecule has 0 atom stereocenters. The van der Waals surface area contributed by atoms with E-state index >= 15 is 0 Å². The molecule has 1 aromatic rings. The van der Waals surface area contributed by atoms with E-state index in [-0.39, 0.29) is 19.1 Å². The second-order valence-corrected chi connectivity index (χ2v) is 4.60. The highest BCUT2D eigenvalue weighted by molar-refractivity contribution is 6.30. The second-order valence-electron chi connectivity index (χ2n) is 4.12. The highest BCUT2D eigenvalue weighted by Crippen LogP contribution is 2.27. The van der Waals surface area contributed by atoms with E-state index in [0.717, 1.165) is 17.8 Å². The molecule has 0 bridgehead atoms. The van der Waals surface area contributed by atoms with Crippen LogP contribution in [0, 0.1) is 0 Å². The van der Waals surface area contributed by atoms with E-state index in [4.69, 9.17) is 11.6 Å². The van der Waals surface area contributed by atoms with Crippen LogP contribution >= 0.6 is 11.6 Å². The lowest BCUT2D eigenvalue weighted by molar-refractivity contribution is -0.118. The fourth-order valence-corrected chi connectivity index (χ4v) is 2.21. The summed E-state index contributed by atoms with van der Waals surface area (Å²) >= 11 is 5.97. The van der Waals surface area contributed by atoms with Gasteiger partial charge in [0, 0.05) is 5.03 Å². The molecule has 1 N–H and O–H groups in total. The van der Waals surface area contributed by atoms with Crippen molar-refractivity contribution in [3.63, 3.8) is 0 Å². The lowest BCUT2D eigenvalue weighted by Crippen LogP contribution is -2.28. The van der Waals surface area contributed by atoms with Crippen molar-refractivity contribution in [1.82, 2.24) is 9.55 Å². The SMILES string of the molecule is C/C=C(/Cl)CN1C(=O)Cn2c1nc(CC)c2CO. The Morgan fingerprint density at radius 2 is 2.33 bits per heavy atom. The van der Waals surface area contributed by atoms with Gasteiger partial charge in [-0.25, -0.2) is 4.98 Å². The quantitative estimate of drug-likeness (QED) is 0.900. The Kier molecular flexibility index (Phi) is 3.73. The minimum atomic E-state index is -0.103. The third-order valence-corrected chi connectivity index (χ3v) is 3.42. The van der Waals surface area contributed by atoms with Gasteiger partial charge < -0.3 is 9.67 Å². The molecule has 1 amide bonds. The maximum absolute atomic E-state index is 11.9. The summed E-state index contributed by atoms with van der Waals surface area (Å²) in [6, 6.07) is 0. The normalized spacial score (nSPS) is 15.4. The fourth-order valence-electron chi connectivity index (χ4n) is 2.09. The van der Waals surface area contributed by atoms with Gasteiger partial charge in [0.15, 0.2) is 0 Å². The second kappa shape index (κ2) is 5.12. The summed E-state index contributed by atoms with van der Waals surface area (Å²) in [6.07, 6.45) is 2.49. The number of aliphatic hydroxyl groups excluding tert-OH is 1. The van der Waals surface area contributed by atoms with Crippen LogP contribution in [0.5, 0.6) is 0 Å². The Balaban J connectivity index is 2.39. The molecule has 2 rings (SSSR count). The zero-order valence-corrected chi connectivity index (χ0v) is 11.2. The average Bonchev–Trinajstić information content (AvgIpc) is 2.85. The molecule has 2 heterocycles. The molecule has 6 heteroatoms. The largest absolute Gasteiger partial charge is 0.390 e. The predicted molar refractivity (Wildman–Crippen MR) is 69.5 cm³/mol. The molecule has 0 fully saturated rings. The Bertz CT molecular complexity index is 508. The zero-order chi connectivity index (χ0) is 13.3. The van der Waals surface area contributed by atoms with Crippen LogP contribution in [0.25, 0.3) is 0 Å². The lowest BCUT2D eigenvalue weighted by Gasteiger charge is -2.12. The molecule has 1 aromatic heterocycles. The average molecular weight is 270 g/mol. The molecule has 0 aromatic carbocycles. The number of carbonyl (C=O) groups excluding carboxylic acids is 1. The Morgan fingerprint density at radius 3 is 2.89 bits per heavy atom. The third kappa shape index (κ3) is 2.04. The highest BCUT2D eigenvalue weighted by atomic mass is 35.5. The summed E-state index contributed by atoms with van der Waals surface area (Å²) in [7, 11) is 0. The van der Waals surface area contributed by atoms with Crippen molar-refractivity contribution in [2.24, 2.45) is 0 Å². The number of allylic oxidation sites excluding steroid dienone is 1. The van der Waals surface area contributed by atoms with Gasteiger partial charge in [-0.1, -0.05) is 24.6 Å². The van der Waals surface area contributed by atoms with Crippen LogP contribution in [0.4, 0.5) is 5.95 Å². The molecule has 98 valence electrons. The summed E-state index contributed by atoms with van der Waals surface area (Å²) < 4.78 is 1.76. The first-order chi connectivity index (χ1) is 8.62. The monoisotopic (exact) mass is 269 g/mol.